The lowest BCUT2D eigenvalue weighted by Gasteiger charge is -2.32. The third-order valence-electron chi connectivity index (χ3n) is 4.89. The molecule has 36 heavy (non-hydrogen) atoms. The van der Waals surface area contributed by atoms with Gasteiger partial charge in [-0.1, -0.05) is 36.9 Å². The van der Waals surface area contributed by atoms with Crippen molar-refractivity contribution in [1.29, 1.82) is 0 Å². The van der Waals surface area contributed by atoms with E-state index in [1.165, 1.54) is 11.3 Å². The van der Waals surface area contributed by atoms with E-state index in [1.807, 2.05) is 18.2 Å². The Labute approximate surface area is 216 Å². The van der Waals surface area contributed by atoms with E-state index in [1.54, 1.807) is 27.9 Å². The molecule has 0 saturated carbocycles. The first kappa shape index (κ1) is 25.6. The van der Waals surface area contributed by atoms with Crippen LogP contribution >= 0.6 is 22.9 Å². The van der Waals surface area contributed by atoms with Gasteiger partial charge in [-0.3, -0.25) is 9.48 Å². The molecule has 1 unspecified atom stereocenters. The van der Waals surface area contributed by atoms with Crippen LogP contribution in [0, 0.1) is 0 Å². The zero-order valence-corrected chi connectivity index (χ0v) is 21.0. The van der Waals surface area contributed by atoms with E-state index in [-0.39, 0.29) is 56.4 Å². The average molecular weight is 533 g/mol. The lowest BCUT2D eigenvalue weighted by Crippen LogP contribution is -2.48. The highest BCUT2D eigenvalue weighted by Gasteiger charge is 2.26. The minimum Gasteiger partial charge on any atom is -0.460 e. The molecule has 3 aromatic rings. The van der Waals surface area contributed by atoms with Gasteiger partial charge in [-0.15, -0.1) is 26.3 Å². The number of morpholine rings is 1. The maximum absolute atomic E-state index is 12.9. The van der Waals surface area contributed by atoms with E-state index in [9.17, 15) is 4.79 Å². The van der Waals surface area contributed by atoms with Gasteiger partial charge in [-0.05, 0) is 18.2 Å². The van der Waals surface area contributed by atoms with Crippen molar-refractivity contribution in [2.45, 2.75) is 12.6 Å². The van der Waals surface area contributed by atoms with Gasteiger partial charge in [0, 0.05) is 12.7 Å². The Bertz CT molecular complexity index is 1170. The first-order valence-corrected chi connectivity index (χ1v) is 12.3. The SMILES string of the molecule is C=CCOc1nc(OCC=C)nc(OCC2CN(C(=O)Cn3ccc(-c4ccc(Cl)s4)n3)CCO2)n1. The zero-order chi connectivity index (χ0) is 25.3. The molecule has 1 aliphatic rings. The second-order valence-electron chi connectivity index (χ2n) is 7.53. The molecule has 0 spiro atoms. The van der Waals surface area contributed by atoms with Crippen LogP contribution in [0.4, 0.5) is 0 Å². The molecule has 4 rings (SSSR count). The van der Waals surface area contributed by atoms with E-state index >= 15 is 0 Å². The summed E-state index contributed by atoms with van der Waals surface area (Å²) in [7, 11) is 0. The molecule has 1 amide bonds. The molecule has 0 N–H and O–H groups in total. The number of hydrogen-bond donors (Lipinski definition) is 0. The van der Waals surface area contributed by atoms with Gasteiger partial charge >= 0.3 is 18.0 Å². The summed E-state index contributed by atoms with van der Waals surface area (Å²) in [5.41, 5.74) is 0.776. The van der Waals surface area contributed by atoms with Crippen LogP contribution in [0.25, 0.3) is 10.6 Å². The van der Waals surface area contributed by atoms with Crippen LogP contribution in [-0.2, 0) is 16.1 Å². The van der Waals surface area contributed by atoms with Crippen LogP contribution in [0.2, 0.25) is 4.34 Å². The Kier molecular flexibility index (Phi) is 8.87. The normalized spacial score (nSPS) is 15.4. The molecule has 11 nitrogen and oxygen atoms in total. The van der Waals surface area contributed by atoms with E-state index in [2.05, 4.69) is 33.2 Å². The third-order valence-corrected chi connectivity index (χ3v) is 6.14. The number of thiophene rings is 1. The fourth-order valence-corrected chi connectivity index (χ4v) is 4.27. The van der Waals surface area contributed by atoms with E-state index in [0.717, 1.165) is 10.6 Å². The Balaban J connectivity index is 1.32. The standard InChI is InChI=1S/C23H25ClN6O5S/c1-3-10-33-21-25-22(34-11-4-2)27-23(26-21)35-15-16-13-29(9-12-32-16)20(31)14-30-8-7-17(28-30)18-5-6-19(24)36-18/h3-8,16H,1-2,9-15H2. The van der Waals surface area contributed by atoms with Gasteiger partial charge in [0.2, 0.25) is 5.91 Å². The van der Waals surface area contributed by atoms with Crippen molar-refractivity contribution in [3.8, 4) is 28.6 Å². The first-order valence-electron chi connectivity index (χ1n) is 11.1. The quantitative estimate of drug-likeness (QED) is 0.325. The number of carbonyl (C=O) groups is 1. The third kappa shape index (κ3) is 7.03. The highest BCUT2D eigenvalue weighted by Crippen LogP contribution is 2.29. The number of carbonyl (C=O) groups excluding carboxylic acids is 1. The summed E-state index contributed by atoms with van der Waals surface area (Å²) in [5, 5.41) is 4.49. The number of ether oxygens (including phenoxy) is 4. The fourth-order valence-electron chi connectivity index (χ4n) is 3.27. The van der Waals surface area contributed by atoms with Gasteiger partial charge in [-0.25, -0.2) is 0 Å². The topological polar surface area (TPSA) is 114 Å². The van der Waals surface area contributed by atoms with Crippen LogP contribution < -0.4 is 14.2 Å². The summed E-state index contributed by atoms with van der Waals surface area (Å²) in [6, 6.07) is 5.70. The van der Waals surface area contributed by atoms with Crippen molar-refractivity contribution in [3.63, 3.8) is 0 Å². The van der Waals surface area contributed by atoms with Crippen molar-refractivity contribution in [1.82, 2.24) is 29.6 Å². The highest BCUT2D eigenvalue weighted by molar-refractivity contribution is 7.19. The summed E-state index contributed by atoms with van der Waals surface area (Å²) < 4.78 is 24.6. The minimum atomic E-state index is -0.365. The van der Waals surface area contributed by atoms with Crippen LogP contribution in [0.5, 0.6) is 18.0 Å². The van der Waals surface area contributed by atoms with Gasteiger partial charge in [0.1, 0.15) is 38.2 Å². The molecule has 13 heteroatoms. The first-order chi connectivity index (χ1) is 17.5. The Morgan fingerprint density at radius 2 is 1.81 bits per heavy atom. The predicted molar refractivity (Wildman–Crippen MR) is 134 cm³/mol. The van der Waals surface area contributed by atoms with Crippen molar-refractivity contribution in [3.05, 3.63) is 54.0 Å². The van der Waals surface area contributed by atoms with Crippen molar-refractivity contribution in [2.75, 3.05) is 39.5 Å². The van der Waals surface area contributed by atoms with E-state index < -0.39 is 0 Å². The Morgan fingerprint density at radius 1 is 1.11 bits per heavy atom. The number of hydrogen-bond acceptors (Lipinski definition) is 10. The molecule has 0 aliphatic carbocycles. The summed E-state index contributed by atoms with van der Waals surface area (Å²) >= 11 is 7.45. The highest BCUT2D eigenvalue weighted by atomic mass is 35.5. The van der Waals surface area contributed by atoms with Crippen molar-refractivity contribution >= 4 is 28.8 Å². The van der Waals surface area contributed by atoms with Gasteiger partial charge in [0.15, 0.2) is 0 Å². The van der Waals surface area contributed by atoms with Crippen LogP contribution in [-0.4, -0.2) is 81.2 Å². The maximum atomic E-state index is 12.9. The second kappa shape index (κ2) is 12.5. The van der Waals surface area contributed by atoms with Crippen molar-refractivity contribution < 1.29 is 23.7 Å². The second-order valence-corrected chi connectivity index (χ2v) is 9.24. The summed E-state index contributed by atoms with van der Waals surface area (Å²) in [4.78, 5) is 27.9. The number of nitrogens with zero attached hydrogens (tertiary/aromatic N) is 6. The number of rotatable bonds is 12. The lowest BCUT2D eigenvalue weighted by atomic mass is 10.3. The maximum Gasteiger partial charge on any atom is 0.326 e. The van der Waals surface area contributed by atoms with Crippen molar-refractivity contribution in [2.24, 2.45) is 0 Å². The molecular formula is C23H25ClN6O5S. The summed E-state index contributed by atoms with van der Waals surface area (Å²) in [6.07, 6.45) is 4.55. The monoisotopic (exact) mass is 532 g/mol. The summed E-state index contributed by atoms with van der Waals surface area (Å²) in [6.45, 7) is 9.10. The Morgan fingerprint density at radius 3 is 2.44 bits per heavy atom. The van der Waals surface area contributed by atoms with E-state index in [0.29, 0.717) is 24.0 Å². The Hall–Kier alpha value is -3.48. The van der Waals surface area contributed by atoms with Gasteiger partial charge < -0.3 is 23.8 Å². The average Bonchev–Trinajstić information content (AvgIpc) is 3.54. The van der Waals surface area contributed by atoms with Gasteiger partial charge in [0.25, 0.3) is 0 Å². The molecular weight excluding hydrogens is 508 g/mol. The lowest BCUT2D eigenvalue weighted by molar-refractivity contribution is -0.140. The number of halogens is 1. The molecule has 0 bridgehead atoms. The number of aromatic nitrogens is 5. The molecule has 1 saturated heterocycles. The van der Waals surface area contributed by atoms with Gasteiger partial charge in [-0.2, -0.15) is 5.10 Å². The van der Waals surface area contributed by atoms with E-state index in [4.69, 9.17) is 30.5 Å². The van der Waals surface area contributed by atoms with Crippen LogP contribution in [0.3, 0.4) is 0 Å². The van der Waals surface area contributed by atoms with Crippen LogP contribution in [0.1, 0.15) is 0 Å². The smallest absolute Gasteiger partial charge is 0.326 e. The molecule has 0 radical (unpaired) electrons. The molecule has 3 aromatic heterocycles. The predicted octanol–water partition coefficient (Wildman–Crippen LogP) is 2.89. The fraction of sp³-hybridized carbons (Fsp3) is 0.348. The largest absolute Gasteiger partial charge is 0.460 e. The van der Waals surface area contributed by atoms with Crippen LogP contribution in [0.15, 0.2) is 49.7 Å². The minimum absolute atomic E-state index is 0.0212. The molecule has 1 atom stereocenters. The molecule has 4 heterocycles. The molecule has 1 aliphatic heterocycles. The molecule has 190 valence electrons. The molecule has 1 fully saturated rings. The number of amides is 1. The summed E-state index contributed by atoms with van der Waals surface area (Å²) in [5.74, 6) is -0.0671. The molecule has 0 aromatic carbocycles. The zero-order valence-electron chi connectivity index (χ0n) is 19.4. The van der Waals surface area contributed by atoms with Gasteiger partial charge in [0.05, 0.1) is 22.4 Å².